The first kappa shape index (κ1) is 11.9. The third-order valence-electron chi connectivity index (χ3n) is 2.98. The number of nitrogens with zero attached hydrogens (tertiary/aromatic N) is 1. The van der Waals surface area contributed by atoms with Crippen LogP contribution in [0.2, 0.25) is 0 Å². The third kappa shape index (κ3) is 2.94. The van der Waals surface area contributed by atoms with E-state index in [1.165, 1.54) is 12.5 Å². The first-order valence-corrected chi connectivity index (χ1v) is 5.78. The van der Waals surface area contributed by atoms with Gasteiger partial charge in [0.15, 0.2) is 0 Å². The Morgan fingerprint density at radius 3 is 3.00 bits per heavy atom. The zero-order valence-electron chi connectivity index (χ0n) is 9.81. The topological polar surface area (TPSA) is 64.4 Å². The molecule has 1 aromatic carbocycles. The van der Waals surface area contributed by atoms with E-state index in [1.54, 1.807) is 19.1 Å². The molecule has 2 rings (SSSR count). The Morgan fingerprint density at radius 2 is 2.41 bits per heavy atom. The molecule has 1 aromatic rings. The fourth-order valence-corrected chi connectivity index (χ4v) is 2.02. The number of benzene rings is 1. The smallest absolute Gasteiger partial charge is 0.272 e. The zero-order valence-corrected chi connectivity index (χ0v) is 9.81. The molecule has 0 spiro atoms. The lowest BCUT2D eigenvalue weighted by molar-refractivity contribution is -0.385. The molecule has 92 valence electrons. The first-order chi connectivity index (χ1) is 8.16. The quantitative estimate of drug-likeness (QED) is 0.641. The molecule has 0 amide bonds. The van der Waals surface area contributed by atoms with E-state index in [1.807, 2.05) is 0 Å². The first-order valence-electron chi connectivity index (χ1n) is 5.78. The van der Waals surface area contributed by atoms with Gasteiger partial charge in [-0.25, -0.2) is 0 Å². The summed E-state index contributed by atoms with van der Waals surface area (Å²) in [4.78, 5) is 10.3. The molecular formula is C12H16N2O3. The minimum Gasteiger partial charge on any atom is -0.492 e. The Balaban J connectivity index is 1.97. The number of hydrogen-bond acceptors (Lipinski definition) is 4. The third-order valence-corrected chi connectivity index (χ3v) is 2.98. The molecule has 17 heavy (non-hydrogen) atoms. The van der Waals surface area contributed by atoms with Crippen LogP contribution in [-0.4, -0.2) is 24.1 Å². The summed E-state index contributed by atoms with van der Waals surface area (Å²) in [6, 6.07) is 5.27. The van der Waals surface area contributed by atoms with Gasteiger partial charge in [-0.05, 0) is 38.4 Å². The predicted octanol–water partition coefficient (Wildman–Crippen LogP) is 2.03. The Kier molecular flexibility index (Phi) is 3.58. The second-order valence-electron chi connectivity index (χ2n) is 4.31. The number of ether oxygens (including phenoxy) is 1. The molecule has 5 nitrogen and oxygen atoms in total. The second kappa shape index (κ2) is 5.14. The maximum atomic E-state index is 10.7. The molecule has 0 unspecified atom stereocenters. The Hall–Kier alpha value is -1.62. The largest absolute Gasteiger partial charge is 0.492 e. The summed E-state index contributed by atoms with van der Waals surface area (Å²) in [6.45, 7) is 3.39. The lowest BCUT2D eigenvalue weighted by Crippen LogP contribution is -2.28. The van der Waals surface area contributed by atoms with Gasteiger partial charge >= 0.3 is 0 Å². The molecular weight excluding hydrogens is 220 g/mol. The molecule has 1 atom stereocenters. The normalized spacial score (nSPS) is 19.2. The van der Waals surface area contributed by atoms with Crippen molar-refractivity contribution in [3.8, 4) is 5.75 Å². The molecule has 1 saturated heterocycles. The van der Waals surface area contributed by atoms with Crippen molar-refractivity contribution in [1.82, 2.24) is 5.32 Å². The van der Waals surface area contributed by atoms with Gasteiger partial charge in [0.1, 0.15) is 12.4 Å². The Morgan fingerprint density at radius 1 is 1.59 bits per heavy atom. The van der Waals surface area contributed by atoms with Crippen molar-refractivity contribution >= 4 is 5.69 Å². The van der Waals surface area contributed by atoms with E-state index >= 15 is 0 Å². The highest BCUT2D eigenvalue weighted by Crippen LogP contribution is 2.23. The Labute approximate surface area is 99.9 Å². The minimum absolute atomic E-state index is 0.136. The van der Waals surface area contributed by atoms with E-state index in [-0.39, 0.29) is 10.6 Å². The van der Waals surface area contributed by atoms with Crippen LogP contribution >= 0.6 is 0 Å². The number of rotatable bonds is 4. The van der Waals surface area contributed by atoms with Crippen LogP contribution in [0, 0.1) is 17.0 Å². The van der Waals surface area contributed by atoms with Crippen molar-refractivity contribution in [3.05, 3.63) is 33.9 Å². The maximum Gasteiger partial charge on any atom is 0.272 e. The van der Waals surface area contributed by atoms with E-state index in [0.717, 1.165) is 13.0 Å². The van der Waals surface area contributed by atoms with Gasteiger partial charge in [-0.15, -0.1) is 0 Å². The molecule has 5 heteroatoms. The summed E-state index contributed by atoms with van der Waals surface area (Å²) in [5.41, 5.74) is 0.767. The molecule has 0 aromatic heterocycles. The fourth-order valence-electron chi connectivity index (χ4n) is 2.02. The highest BCUT2D eigenvalue weighted by molar-refractivity contribution is 5.44. The van der Waals surface area contributed by atoms with Crippen LogP contribution in [-0.2, 0) is 0 Å². The number of nitrogens with one attached hydrogen (secondary N) is 1. The molecule has 0 aliphatic carbocycles. The van der Waals surface area contributed by atoms with Crippen molar-refractivity contribution < 1.29 is 9.66 Å². The maximum absolute atomic E-state index is 10.7. The SMILES string of the molecule is Cc1cc(OC[C@@H]2CCCN2)ccc1[N+](=O)[O-]. The molecule has 1 N–H and O–H groups in total. The number of aryl methyl sites for hydroxylation is 1. The number of nitro benzene ring substituents is 1. The lowest BCUT2D eigenvalue weighted by Gasteiger charge is -2.12. The average Bonchev–Trinajstić information content (AvgIpc) is 2.78. The molecule has 1 aliphatic rings. The summed E-state index contributed by atoms with van der Waals surface area (Å²) < 4.78 is 5.62. The van der Waals surface area contributed by atoms with Crippen molar-refractivity contribution in [2.75, 3.05) is 13.2 Å². The van der Waals surface area contributed by atoms with Crippen LogP contribution in [0.5, 0.6) is 5.75 Å². The Bertz CT molecular complexity index is 414. The van der Waals surface area contributed by atoms with Gasteiger partial charge < -0.3 is 10.1 Å². The lowest BCUT2D eigenvalue weighted by atomic mass is 10.2. The average molecular weight is 236 g/mol. The summed E-state index contributed by atoms with van der Waals surface area (Å²) >= 11 is 0. The highest BCUT2D eigenvalue weighted by Gasteiger charge is 2.15. The molecule has 1 aliphatic heterocycles. The van der Waals surface area contributed by atoms with Gasteiger partial charge in [0.05, 0.1) is 4.92 Å². The second-order valence-corrected chi connectivity index (χ2v) is 4.31. The van der Waals surface area contributed by atoms with Crippen molar-refractivity contribution in [2.24, 2.45) is 0 Å². The molecule has 0 radical (unpaired) electrons. The zero-order chi connectivity index (χ0) is 12.3. The molecule has 1 fully saturated rings. The van der Waals surface area contributed by atoms with Gasteiger partial charge in [-0.3, -0.25) is 10.1 Å². The van der Waals surface area contributed by atoms with E-state index in [0.29, 0.717) is 24.0 Å². The van der Waals surface area contributed by atoms with Crippen LogP contribution in [0.1, 0.15) is 18.4 Å². The minimum atomic E-state index is -0.377. The van der Waals surface area contributed by atoms with Crippen LogP contribution in [0.25, 0.3) is 0 Å². The summed E-state index contributed by atoms with van der Waals surface area (Å²) in [7, 11) is 0. The van der Waals surface area contributed by atoms with Gasteiger partial charge in [-0.2, -0.15) is 0 Å². The van der Waals surface area contributed by atoms with Crippen LogP contribution in [0.3, 0.4) is 0 Å². The van der Waals surface area contributed by atoms with Crippen LogP contribution < -0.4 is 10.1 Å². The number of hydrogen-bond donors (Lipinski definition) is 1. The van der Waals surface area contributed by atoms with Crippen LogP contribution in [0.15, 0.2) is 18.2 Å². The van der Waals surface area contributed by atoms with E-state index in [4.69, 9.17) is 4.74 Å². The van der Waals surface area contributed by atoms with Crippen molar-refractivity contribution in [3.63, 3.8) is 0 Å². The van der Waals surface area contributed by atoms with Gasteiger partial charge in [0.25, 0.3) is 5.69 Å². The fraction of sp³-hybridized carbons (Fsp3) is 0.500. The van der Waals surface area contributed by atoms with E-state index in [9.17, 15) is 10.1 Å². The van der Waals surface area contributed by atoms with Crippen molar-refractivity contribution in [2.45, 2.75) is 25.8 Å². The number of nitro groups is 1. The molecule has 0 bridgehead atoms. The van der Waals surface area contributed by atoms with Crippen molar-refractivity contribution in [1.29, 1.82) is 0 Å². The summed E-state index contributed by atoms with van der Waals surface area (Å²) in [5.74, 6) is 0.696. The molecule has 0 saturated carbocycles. The monoisotopic (exact) mass is 236 g/mol. The standard InChI is InChI=1S/C12H16N2O3/c1-9-7-11(4-5-12(9)14(15)16)17-8-10-3-2-6-13-10/h4-5,7,10,13H,2-3,6,8H2,1H3/t10-/m0/s1. The summed E-state index contributed by atoms with van der Waals surface area (Å²) in [6.07, 6.45) is 2.32. The van der Waals surface area contributed by atoms with E-state index < -0.39 is 0 Å². The predicted molar refractivity (Wildman–Crippen MR) is 64.4 cm³/mol. The summed E-state index contributed by atoms with van der Waals surface area (Å²) in [5, 5.41) is 14.0. The van der Waals surface area contributed by atoms with Gasteiger partial charge in [0.2, 0.25) is 0 Å². The van der Waals surface area contributed by atoms with Crippen LogP contribution in [0.4, 0.5) is 5.69 Å². The van der Waals surface area contributed by atoms with Gasteiger partial charge in [0, 0.05) is 17.7 Å². The highest BCUT2D eigenvalue weighted by atomic mass is 16.6. The van der Waals surface area contributed by atoms with Gasteiger partial charge in [-0.1, -0.05) is 0 Å². The molecule has 1 heterocycles. The van der Waals surface area contributed by atoms with E-state index in [2.05, 4.69) is 5.32 Å².